The molecule has 68 valence electrons. The average molecular weight is 184 g/mol. The fourth-order valence-corrected chi connectivity index (χ4v) is 1.65. The van der Waals surface area contributed by atoms with Crippen LogP contribution in [0.15, 0.2) is 17.5 Å². The largest absolute Gasteiger partial charge is 0.293 e. The van der Waals surface area contributed by atoms with Crippen LogP contribution in [0.5, 0.6) is 0 Å². The van der Waals surface area contributed by atoms with E-state index in [1.165, 1.54) is 11.3 Å². The molecule has 0 aromatic carbocycles. The zero-order valence-corrected chi connectivity index (χ0v) is 7.87. The Bertz CT molecular complexity index is 241. The Morgan fingerprint density at radius 3 is 2.33 bits per heavy atom. The molecule has 0 atom stereocenters. The second-order valence-electron chi connectivity index (χ2n) is 3.56. The number of hydrogen-bond donors (Lipinski definition) is 0. The van der Waals surface area contributed by atoms with Crippen molar-refractivity contribution >= 4 is 17.1 Å². The first kappa shape index (κ1) is 11.4. The van der Waals surface area contributed by atoms with Gasteiger partial charge in [-0.25, -0.2) is 0 Å². The van der Waals surface area contributed by atoms with Crippen molar-refractivity contribution in [2.75, 3.05) is 0 Å². The molecule has 0 spiro atoms. The third-order valence-electron chi connectivity index (χ3n) is 1.43. The maximum atomic E-state index is 11.5. The topological polar surface area (TPSA) is 17.1 Å². The minimum Gasteiger partial charge on any atom is -0.293 e. The van der Waals surface area contributed by atoms with Crippen molar-refractivity contribution in [3.63, 3.8) is 0 Å². The monoisotopic (exact) mass is 184 g/mol. The number of rotatable bonds is 1. The van der Waals surface area contributed by atoms with Gasteiger partial charge in [0.1, 0.15) is 0 Å². The third kappa shape index (κ3) is 2.45. The highest BCUT2D eigenvalue weighted by atomic mass is 32.1. The number of carbonyl (C=O) groups excluding carboxylic acids is 1. The van der Waals surface area contributed by atoms with Crippen molar-refractivity contribution in [2.45, 2.75) is 28.2 Å². The molecule has 1 heterocycles. The molecular weight excluding hydrogens is 168 g/mol. The van der Waals surface area contributed by atoms with Crippen LogP contribution in [-0.4, -0.2) is 5.78 Å². The summed E-state index contributed by atoms with van der Waals surface area (Å²) in [5.41, 5.74) is -0.245. The summed E-state index contributed by atoms with van der Waals surface area (Å²) < 4.78 is 0. The Balaban J connectivity index is 0.00000121. The minimum atomic E-state index is -0.245. The number of Topliss-reactive ketones (excluding diaryl/α,β-unsaturated/α-hetero) is 1. The molecule has 0 aliphatic carbocycles. The predicted molar refractivity (Wildman–Crippen MR) is 54.8 cm³/mol. The summed E-state index contributed by atoms with van der Waals surface area (Å²) in [4.78, 5) is 12.4. The second kappa shape index (κ2) is 3.85. The highest BCUT2D eigenvalue weighted by Gasteiger charge is 2.23. The zero-order chi connectivity index (χ0) is 8.48. The molecule has 0 fully saturated rings. The van der Waals surface area contributed by atoms with Crippen LogP contribution in [-0.2, 0) is 0 Å². The van der Waals surface area contributed by atoms with E-state index in [0.717, 1.165) is 4.88 Å². The lowest BCUT2D eigenvalue weighted by molar-refractivity contribution is 0.0863. The van der Waals surface area contributed by atoms with E-state index in [1.54, 1.807) is 0 Å². The molecule has 1 nitrogen and oxygen atoms in total. The van der Waals surface area contributed by atoms with E-state index in [2.05, 4.69) is 0 Å². The van der Waals surface area contributed by atoms with Crippen molar-refractivity contribution in [1.29, 1.82) is 0 Å². The van der Waals surface area contributed by atoms with E-state index in [0.29, 0.717) is 0 Å². The van der Waals surface area contributed by atoms with Gasteiger partial charge in [-0.3, -0.25) is 4.79 Å². The van der Waals surface area contributed by atoms with Crippen molar-refractivity contribution in [3.05, 3.63) is 22.4 Å². The van der Waals surface area contributed by atoms with Crippen molar-refractivity contribution in [3.8, 4) is 0 Å². The fourth-order valence-electron chi connectivity index (χ4n) is 0.777. The van der Waals surface area contributed by atoms with E-state index < -0.39 is 0 Å². The van der Waals surface area contributed by atoms with Gasteiger partial charge in [-0.15, -0.1) is 11.3 Å². The smallest absolute Gasteiger partial charge is 0.178 e. The summed E-state index contributed by atoms with van der Waals surface area (Å²) in [6, 6.07) is 3.78. The maximum Gasteiger partial charge on any atom is 0.178 e. The number of ketones is 1. The molecule has 0 saturated carbocycles. The molecule has 12 heavy (non-hydrogen) atoms. The Morgan fingerprint density at radius 2 is 2.00 bits per heavy atom. The van der Waals surface area contributed by atoms with Crippen LogP contribution in [0.2, 0.25) is 0 Å². The first-order valence-electron chi connectivity index (χ1n) is 3.60. The molecule has 0 unspecified atom stereocenters. The van der Waals surface area contributed by atoms with Crippen LogP contribution in [0.3, 0.4) is 0 Å². The Morgan fingerprint density at radius 1 is 1.42 bits per heavy atom. The van der Waals surface area contributed by atoms with Gasteiger partial charge in [-0.2, -0.15) is 0 Å². The van der Waals surface area contributed by atoms with Gasteiger partial charge >= 0.3 is 0 Å². The molecule has 0 aliphatic heterocycles. The molecule has 1 aromatic heterocycles. The van der Waals surface area contributed by atoms with Gasteiger partial charge in [0.2, 0.25) is 0 Å². The molecule has 0 amide bonds. The molecule has 0 aliphatic rings. The summed E-state index contributed by atoms with van der Waals surface area (Å²) >= 11 is 1.51. The van der Waals surface area contributed by atoms with Gasteiger partial charge in [-0.05, 0) is 11.4 Å². The van der Waals surface area contributed by atoms with Crippen LogP contribution >= 0.6 is 11.3 Å². The highest BCUT2D eigenvalue weighted by molar-refractivity contribution is 7.12. The number of hydrogen-bond acceptors (Lipinski definition) is 2. The summed E-state index contributed by atoms with van der Waals surface area (Å²) in [7, 11) is 0. The molecule has 0 bridgehead atoms. The van der Waals surface area contributed by atoms with Gasteiger partial charge in [0.15, 0.2) is 5.78 Å². The highest BCUT2D eigenvalue weighted by Crippen LogP contribution is 2.23. The molecule has 1 rings (SSSR count). The van der Waals surface area contributed by atoms with Gasteiger partial charge < -0.3 is 0 Å². The standard InChI is InChI=1S/C9H12OS.CH4/c1-9(2,3)8(10)7-5-4-6-11-7;/h4-6H,1-3H3;1H4. The summed E-state index contributed by atoms with van der Waals surface area (Å²) in [6.45, 7) is 5.82. The van der Waals surface area contributed by atoms with Crippen molar-refractivity contribution in [1.82, 2.24) is 0 Å². The van der Waals surface area contributed by atoms with Gasteiger partial charge in [0.05, 0.1) is 4.88 Å². The summed E-state index contributed by atoms with van der Waals surface area (Å²) in [6.07, 6.45) is 0. The summed E-state index contributed by atoms with van der Waals surface area (Å²) in [5.74, 6) is 0.229. The maximum absolute atomic E-state index is 11.5. The summed E-state index contributed by atoms with van der Waals surface area (Å²) in [5, 5.41) is 1.93. The van der Waals surface area contributed by atoms with Crippen LogP contribution < -0.4 is 0 Å². The lowest BCUT2D eigenvalue weighted by Crippen LogP contribution is -2.18. The Labute approximate surface area is 78.4 Å². The number of carbonyl (C=O) groups is 1. The van der Waals surface area contributed by atoms with E-state index in [4.69, 9.17) is 0 Å². The van der Waals surface area contributed by atoms with E-state index >= 15 is 0 Å². The molecule has 0 N–H and O–H groups in total. The first-order valence-corrected chi connectivity index (χ1v) is 4.48. The normalized spacial score (nSPS) is 10.6. The van der Waals surface area contributed by atoms with Crippen LogP contribution in [0, 0.1) is 5.41 Å². The SMILES string of the molecule is C.CC(C)(C)C(=O)c1cccs1. The van der Waals surface area contributed by atoms with E-state index in [1.807, 2.05) is 38.3 Å². The first-order chi connectivity index (χ1) is 5.02. The zero-order valence-electron chi connectivity index (χ0n) is 7.05. The minimum absolute atomic E-state index is 0. The Kier molecular flexibility index (Phi) is 3.65. The molecule has 0 radical (unpaired) electrons. The van der Waals surface area contributed by atoms with Crippen LogP contribution in [0.1, 0.15) is 37.9 Å². The Hall–Kier alpha value is -0.630. The van der Waals surface area contributed by atoms with E-state index in [9.17, 15) is 4.79 Å². The molecule has 2 heteroatoms. The van der Waals surface area contributed by atoms with Crippen molar-refractivity contribution in [2.24, 2.45) is 5.41 Å². The van der Waals surface area contributed by atoms with Gasteiger partial charge in [-0.1, -0.05) is 34.3 Å². The number of thiophene rings is 1. The molecular formula is C10H16OS. The van der Waals surface area contributed by atoms with Gasteiger partial charge in [0, 0.05) is 5.41 Å². The van der Waals surface area contributed by atoms with Gasteiger partial charge in [0.25, 0.3) is 0 Å². The van der Waals surface area contributed by atoms with Crippen molar-refractivity contribution < 1.29 is 4.79 Å². The predicted octanol–water partition coefficient (Wildman–Crippen LogP) is 3.61. The second-order valence-corrected chi connectivity index (χ2v) is 4.50. The lowest BCUT2D eigenvalue weighted by atomic mass is 9.90. The quantitative estimate of drug-likeness (QED) is 0.609. The van der Waals surface area contributed by atoms with Crippen LogP contribution in [0.25, 0.3) is 0 Å². The molecule has 1 aromatic rings. The lowest BCUT2D eigenvalue weighted by Gasteiger charge is -2.14. The van der Waals surface area contributed by atoms with E-state index in [-0.39, 0.29) is 18.6 Å². The molecule has 0 saturated heterocycles. The average Bonchev–Trinajstić information content (AvgIpc) is 2.34. The third-order valence-corrected chi connectivity index (χ3v) is 2.29. The fraction of sp³-hybridized carbons (Fsp3) is 0.500. The van der Waals surface area contributed by atoms with Crippen LogP contribution in [0.4, 0.5) is 0 Å².